The number of nitrogens with one attached hydrogen (secondary N) is 2. The predicted octanol–water partition coefficient (Wildman–Crippen LogP) is 3.23. The Kier molecular flexibility index (Phi) is 7.79. The Bertz CT molecular complexity index is 440. The topological polar surface area (TPSA) is 49.3 Å². The van der Waals surface area contributed by atoms with Gasteiger partial charge in [0.05, 0.1) is 17.2 Å². The molecule has 0 spiro atoms. The van der Waals surface area contributed by atoms with Crippen LogP contribution in [0.5, 0.6) is 0 Å². The van der Waals surface area contributed by atoms with E-state index < -0.39 is 0 Å². The Morgan fingerprint density at radius 2 is 2.10 bits per heavy atom. The fourth-order valence-electron chi connectivity index (χ4n) is 2.01. The lowest BCUT2D eigenvalue weighted by atomic mass is 10.3. The van der Waals surface area contributed by atoms with Crippen LogP contribution >= 0.6 is 35.3 Å². The quantitative estimate of drug-likeness (QED) is 0.432. The molecule has 0 bridgehead atoms. The first-order valence-corrected chi connectivity index (χ1v) is 7.95. The maximum atomic E-state index is 4.64. The van der Waals surface area contributed by atoms with Crippen molar-refractivity contribution in [1.82, 2.24) is 15.6 Å². The third-order valence-corrected chi connectivity index (χ3v) is 4.32. The number of nitrogens with zero attached hydrogens (tertiary/aromatic N) is 2. The highest BCUT2D eigenvalue weighted by Gasteiger charge is 2.20. The maximum Gasteiger partial charge on any atom is 0.191 e. The monoisotopic (exact) mass is 408 g/mol. The molecule has 0 radical (unpaired) electrons. The second kappa shape index (κ2) is 8.81. The molecule has 4 nitrogen and oxygen atoms in total. The minimum atomic E-state index is 0. The van der Waals surface area contributed by atoms with Crippen molar-refractivity contribution in [3.05, 3.63) is 15.6 Å². The van der Waals surface area contributed by atoms with Crippen LogP contribution in [0.15, 0.2) is 4.99 Å². The van der Waals surface area contributed by atoms with Gasteiger partial charge in [-0.1, -0.05) is 12.8 Å². The molecule has 0 aromatic carbocycles. The van der Waals surface area contributed by atoms with Crippen LogP contribution in [-0.4, -0.2) is 24.0 Å². The normalized spacial score (nSPS) is 14.8. The molecule has 1 aromatic heterocycles. The van der Waals surface area contributed by atoms with Crippen molar-refractivity contribution in [3.8, 4) is 0 Å². The average Bonchev–Trinajstić information content (AvgIpc) is 3.12. The van der Waals surface area contributed by atoms with Crippen LogP contribution in [0, 0.1) is 19.8 Å². The van der Waals surface area contributed by atoms with E-state index in [2.05, 4.69) is 34.5 Å². The second-order valence-electron chi connectivity index (χ2n) is 5.10. The van der Waals surface area contributed by atoms with Crippen LogP contribution in [0.2, 0.25) is 0 Å². The lowest BCUT2D eigenvalue weighted by Gasteiger charge is -2.10. The van der Waals surface area contributed by atoms with Gasteiger partial charge >= 0.3 is 0 Å². The van der Waals surface area contributed by atoms with Crippen molar-refractivity contribution >= 4 is 41.3 Å². The standard InChI is InChI=1S/C14H24N4S.HI/c1-4-15-14(16-8-7-12-5-6-12)17-9-13-10(2)18-11(3)19-13;/h12H,4-9H2,1-3H3,(H2,15,16,17);1H. The molecule has 1 aromatic rings. The summed E-state index contributed by atoms with van der Waals surface area (Å²) in [4.78, 5) is 10.3. The lowest BCUT2D eigenvalue weighted by molar-refractivity contribution is 0.685. The molecule has 20 heavy (non-hydrogen) atoms. The molecule has 1 aliphatic carbocycles. The Balaban J connectivity index is 0.00000200. The summed E-state index contributed by atoms with van der Waals surface area (Å²) in [6, 6.07) is 0. The molecule has 0 saturated heterocycles. The fraction of sp³-hybridized carbons (Fsp3) is 0.714. The summed E-state index contributed by atoms with van der Waals surface area (Å²) in [5.74, 6) is 1.88. The van der Waals surface area contributed by atoms with Gasteiger partial charge in [-0.05, 0) is 33.1 Å². The second-order valence-corrected chi connectivity index (χ2v) is 6.38. The predicted molar refractivity (Wildman–Crippen MR) is 97.2 cm³/mol. The number of thiazole rings is 1. The van der Waals surface area contributed by atoms with Gasteiger partial charge in [-0.2, -0.15) is 0 Å². The van der Waals surface area contributed by atoms with Gasteiger partial charge in [0.15, 0.2) is 5.96 Å². The molecule has 0 atom stereocenters. The SMILES string of the molecule is CCNC(=NCc1sc(C)nc1C)NCCC1CC1.I. The first-order chi connectivity index (χ1) is 9.19. The molecule has 0 amide bonds. The molecule has 6 heteroatoms. The van der Waals surface area contributed by atoms with Gasteiger partial charge in [0, 0.05) is 18.0 Å². The van der Waals surface area contributed by atoms with Gasteiger partial charge in [0.2, 0.25) is 0 Å². The van der Waals surface area contributed by atoms with Gasteiger partial charge < -0.3 is 10.6 Å². The molecule has 1 fully saturated rings. The van der Waals surface area contributed by atoms with E-state index in [1.54, 1.807) is 11.3 Å². The third kappa shape index (κ3) is 5.95. The minimum Gasteiger partial charge on any atom is -0.357 e. The fourth-order valence-corrected chi connectivity index (χ4v) is 2.88. The highest BCUT2D eigenvalue weighted by molar-refractivity contribution is 14.0. The van der Waals surface area contributed by atoms with Gasteiger partial charge in [0.25, 0.3) is 0 Å². The molecule has 114 valence electrons. The van der Waals surface area contributed by atoms with E-state index in [9.17, 15) is 0 Å². The number of guanidine groups is 1. The first kappa shape index (κ1) is 17.7. The van der Waals surface area contributed by atoms with Crippen LogP contribution in [0.3, 0.4) is 0 Å². The number of aliphatic imine (C=N–C) groups is 1. The van der Waals surface area contributed by atoms with E-state index in [0.29, 0.717) is 0 Å². The third-order valence-electron chi connectivity index (χ3n) is 3.27. The Labute approximate surface area is 142 Å². The van der Waals surface area contributed by atoms with Gasteiger partial charge in [-0.3, -0.25) is 0 Å². The molecule has 1 aliphatic rings. The summed E-state index contributed by atoms with van der Waals surface area (Å²) in [5.41, 5.74) is 1.11. The maximum absolute atomic E-state index is 4.64. The molecular formula is C14H25IN4S. The molecule has 1 saturated carbocycles. The summed E-state index contributed by atoms with van der Waals surface area (Å²) in [6.07, 6.45) is 4.09. The molecular weight excluding hydrogens is 383 g/mol. The number of hydrogen-bond donors (Lipinski definition) is 2. The van der Waals surface area contributed by atoms with Gasteiger partial charge in [-0.25, -0.2) is 9.98 Å². The van der Waals surface area contributed by atoms with Crippen molar-refractivity contribution in [3.63, 3.8) is 0 Å². The zero-order chi connectivity index (χ0) is 13.7. The number of aromatic nitrogens is 1. The summed E-state index contributed by atoms with van der Waals surface area (Å²) in [7, 11) is 0. The van der Waals surface area contributed by atoms with E-state index in [-0.39, 0.29) is 24.0 Å². The average molecular weight is 408 g/mol. The van der Waals surface area contributed by atoms with E-state index >= 15 is 0 Å². The number of rotatable bonds is 6. The van der Waals surface area contributed by atoms with Crippen LogP contribution < -0.4 is 10.6 Å². The lowest BCUT2D eigenvalue weighted by Crippen LogP contribution is -2.37. The van der Waals surface area contributed by atoms with Crippen LogP contribution in [0.4, 0.5) is 0 Å². The number of aryl methyl sites for hydroxylation is 2. The minimum absolute atomic E-state index is 0. The largest absolute Gasteiger partial charge is 0.357 e. The zero-order valence-electron chi connectivity index (χ0n) is 12.5. The van der Waals surface area contributed by atoms with E-state index in [1.807, 2.05) is 6.92 Å². The summed E-state index contributed by atoms with van der Waals surface area (Å²) < 4.78 is 0. The zero-order valence-corrected chi connectivity index (χ0v) is 15.7. The van der Waals surface area contributed by atoms with Crippen LogP contribution in [0.25, 0.3) is 0 Å². The van der Waals surface area contributed by atoms with Crippen molar-refractivity contribution in [2.24, 2.45) is 10.9 Å². The molecule has 1 heterocycles. The van der Waals surface area contributed by atoms with E-state index in [4.69, 9.17) is 0 Å². The van der Waals surface area contributed by atoms with E-state index in [1.165, 1.54) is 24.1 Å². The summed E-state index contributed by atoms with van der Waals surface area (Å²) >= 11 is 1.74. The van der Waals surface area contributed by atoms with E-state index in [0.717, 1.165) is 42.2 Å². The summed E-state index contributed by atoms with van der Waals surface area (Å²) in [5, 5.41) is 7.83. The Morgan fingerprint density at radius 1 is 1.35 bits per heavy atom. The summed E-state index contributed by atoms with van der Waals surface area (Å²) in [6.45, 7) is 8.84. The van der Waals surface area contributed by atoms with Gasteiger partial charge in [-0.15, -0.1) is 35.3 Å². The molecule has 0 unspecified atom stereocenters. The van der Waals surface area contributed by atoms with Crippen molar-refractivity contribution in [2.45, 2.75) is 46.6 Å². The van der Waals surface area contributed by atoms with Crippen molar-refractivity contribution < 1.29 is 0 Å². The van der Waals surface area contributed by atoms with Crippen molar-refractivity contribution in [2.75, 3.05) is 13.1 Å². The Morgan fingerprint density at radius 3 is 2.65 bits per heavy atom. The van der Waals surface area contributed by atoms with Crippen molar-refractivity contribution in [1.29, 1.82) is 0 Å². The van der Waals surface area contributed by atoms with Gasteiger partial charge in [0.1, 0.15) is 0 Å². The molecule has 2 rings (SSSR count). The first-order valence-electron chi connectivity index (χ1n) is 7.14. The molecule has 0 aliphatic heterocycles. The van der Waals surface area contributed by atoms with Crippen LogP contribution in [0.1, 0.15) is 41.8 Å². The highest BCUT2D eigenvalue weighted by atomic mass is 127. The number of halogens is 1. The molecule has 2 N–H and O–H groups in total. The Hall–Kier alpha value is -0.370. The smallest absolute Gasteiger partial charge is 0.191 e. The highest BCUT2D eigenvalue weighted by Crippen LogP contribution is 2.31. The number of hydrogen-bond acceptors (Lipinski definition) is 3. The van der Waals surface area contributed by atoms with Crippen LogP contribution in [-0.2, 0) is 6.54 Å².